The second-order valence-electron chi connectivity index (χ2n) is 4.20. The summed E-state index contributed by atoms with van der Waals surface area (Å²) in [7, 11) is 1.65. The zero-order valence-corrected chi connectivity index (χ0v) is 13.3. The van der Waals surface area contributed by atoms with Gasteiger partial charge in [-0.1, -0.05) is 0 Å². The Morgan fingerprint density at radius 3 is 2.70 bits per heavy atom. The molecule has 6 heteroatoms. The highest BCUT2D eigenvalue weighted by atomic mass is 79.9. The zero-order valence-electron chi connectivity index (χ0n) is 11.7. The van der Waals surface area contributed by atoms with Gasteiger partial charge in [0, 0.05) is 22.6 Å². The number of halogens is 1. The molecule has 1 aromatic carbocycles. The van der Waals surface area contributed by atoms with Crippen LogP contribution < -0.4 is 15.4 Å². The molecule has 1 heterocycles. The Morgan fingerprint density at radius 1 is 1.25 bits per heavy atom. The lowest BCUT2D eigenvalue weighted by molar-refractivity contribution is 0.415. The van der Waals surface area contributed by atoms with Gasteiger partial charge in [0.15, 0.2) is 0 Å². The first kappa shape index (κ1) is 14.6. The minimum atomic E-state index is 0.768. The van der Waals surface area contributed by atoms with Gasteiger partial charge >= 0.3 is 0 Å². The molecular weight excluding hydrogens is 320 g/mol. The molecule has 0 fully saturated rings. The molecule has 0 radical (unpaired) electrons. The van der Waals surface area contributed by atoms with Crippen LogP contribution in [0.25, 0.3) is 0 Å². The minimum Gasteiger partial charge on any atom is -0.497 e. The molecule has 2 N–H and O–H groups in total. The quantitative estimate of drug-likeness (QED) is 0.871. The molecule has 0 saturated carbocycles. The molecule has 2 aromatic rings. The molecule has 0 unspecified atom stereocenters. The van der Waals surface area contributed by atoms with Crippen LogP contribution in [0.5, 0.6) is 5.75 Å². The van der Waals surface area contributed by atoms with Crippen LogP contribution in [-0.4, -0.2) is 23.6 Å². The van der Waals surface area contributed by atoms with Crippen molar-refractivity contribution in [3.63, 3.8) is 0 Å². The maximum atomic E-state index is 5.23. The van der Waals surface area contributed by atoms with Gasteiger partial charge in [-0.05, 0) is 41.9 Å². The Morgan fingerprint density at radius 2 is 2.00 bits per heavy atom. The van der Waals surface area contributed by atoms with Gasteiger partial charge in [-0.2, -0.15) is 0 Å². The largest absolute Gasteiger partial charge is 0.497 e. The van der Waals surface area contributed by atoms with Gasteiger partial charge in [-0.15, -0.1) is 0 Å². The van der Waals surface area contributed by atoms with E-state index in [1.807, 2.05) is 32.0 Å². The number of anilines is 3. The molecule has 0 atom stereocenters. The number of ether oxygens (including phenoxy) is 1. The first-order valence-electron chi connectivity index (χ1n) is 6.31. The minimum absolute atomic E-state index is 0.768. The molecule has 0 aliphatic carbocycles. The molecule has 0 bridgehead atoms. The SMILES string of the molecule is CCNc1ncnc(Nc2cc(OC)ccc2Br)c1C. The van der Waals surface area contributed by atoms with Crippen LogP contribution in [-0.2, 0) is 0 Å². The van der Waals surface area contributed by atoms with Crippen molar-refractivity contribution < 1.29 is 4.74 Å². The third kappa shape index (κ3) is 3.19. The average molecular weight is 337 g/mol. The van der Waals surface area contributed by atoms with Crippen molar-refractivity contribution in [3.8, 4) is 5.75 Å². The van der Waals surface area contributed by atoms with E-state index in [1.165, 1.54) is 0 Å². The van der Waals surface area contributed by atoms with Crippen molar-refractivity contribution in [3.05, 3.63) is 34.6 Å². The van der Waals surface area contributed by atoms with Crippen LogP contribution in [0.3, 0.4) is 0 Å². The summed E-state index contributed by atoms with van der Waals surface area (Å²) in [5.74, 6) is 2.39. The fourth-order valence-electron chi connectivity index (χ4n) is 1.78. The zero-order chi connectivity index (χ0) is 14.5. The Hall–Kier alpha value is -1.82. The van der Waals surface area contributed by atoms with Gasteiger partial charge in [-0.3, -0.25) is 0 Å². The smallest absolute Gasteiger partial charge is 0.138 e. The number of methoxy groups -OCH3 is 1. The summed E-state index contributed by atoms with van der Waals surface area (Å²) in [6, 6.07) is 5.74. The van der Waals surface area contributed by atoms with Gasteiger partial charge < -0.3 is 15.4 Å². The maximum Gasteiger partial charge on any atom is 0.138 e. The molecule has 2 rings (SSSR count). The van der Waals surface area contributed by atoms with Crippen LogP contribution in [0.15, 0.2) is 29.0 Å². The van der Waals surface area contributed by atoms with Gasteiger partial charge in [0.05, 0.1) is 12.8 Å². The van der Waals surface area contributed by atoms with E-state index in [-0.39, 0.29) is 0 Å². The van der Waals surface area contributed by atoms with Gasteiger partial charge in [0.1, 0.15) is 23.7 Å². The molecule has 0 aliphatic rings. The molecule has 20 heavy (non-hydrogen) atoms. The van der Waals surface area contributed by atoms with Crippen LogP contribution in [0, 0.1) is 6.92 Å². The summed E-state index contributed by atoms with van der Waals surface area (Å²) >= 11 is 3.51. The molecule has 106 valence electrons. The second-order valence-corrected chi connectivity index (χ2v) is 5.05. The Bertz CT molecular complexity index is 604. The summed E-state index contributed by atoms with van der Waals surface area (Å²) in [6.07, 6.45) is 1.54. The molecule has 0 amide bonds. The molecular formula is C14H17BrN4O. The molecule has 5 nitrogen and oxygen atoms in total. The van der Waals surface area contributed by atoms with E-state index in [2.05, 4.69) is 36.5 Å². The summed E-state index contributed by atoms with van der Waals surface area (Å²) in [5, 5.41) is 6.51. The van der Waals surface area contributed by atoms with Crippen LogP contribution in [0.2, 0.25) is 0 Å². The maximum absolute atomic E-state index is 5.23. The molecule has 0 saturated heterocycles. The average Bonchev–Trinajstić information content (AvgIpc) is 2.45. The van der Waals surface area contributed by atoms with Crippen molar-refractivity contribution in [2.75, 3.05) is 24.3 Å². The van der Waals surface area contributed by atoms with E-state index >= 15 is 0 Å². The van der Waals surface area contributed by atoms with E-state index in [9.17, 15) is 0 Å². The number of hydrogen-bond donors (Lipinski definition) is 2. The van der Waals surface area contributed by atoms with Gasteiger partial charge in [0.2, 0.25) is 0 Å². The predicted molar refractivity (Wildman–Crippen MR) is 84.9 cm³/mol. The fraction of sp³-hybridized carbons (Fsp3) is 0.286. The number of nitrogens with zero attached hydrogens (tertiary/aromatic N) is 2. The van der Waals surface area contributed by atoms with Crippen molar-refractivity contribution in [1.29, 1.82) is 0 Å². The fourth-order valence-corrected chi connectivity index (χ4v) is 2.12. The second kappa shape index (κ2) is 6.56. The number of rotatable bonds is 5. The first-order chi connectivity index (χ1) is 9.65. The van der Waals surface area contributed by atoms with Crippen LogP contribution >= 0.6 is 15.9 Å². The normalized spacial score (nSPS) is 10.2. The van der Waals surface area contributed by atoms with Crippen LogP contribution in [0.1, 0.15) is 12.5 Å². The third-order valence-electron chi connectivity index (χ3n) is 2.85. The van der Waals surface area contributed by atoms with E-state index < -0.39 is 0 Å². The van der Waals surface area contributed by atoms with E-state index in [0.717, 1.165) is 39.7 Å². The number of hydrogen-bond acceptors (Lipinski definition) is 5. The predicted octanol–water partition coefficient (Wildman–Crippen LogP) is 3.73. The Kier molecular flexibility index (Phi) is 4.79. The van der Waals surface area contributed by atoms with Gasteiger partial charge in [0.25, 0.3) is 0 Å². The lowest BCUT2D eigenvalue weighted by atomic mass is 10.2. The monoisotopic (exact) mass is 336 g/mol. The molecule has 0 aliphatic heterocycles. The Labute approximate surface area is 126 Å². The lowest BCUT2D eigenvalue weighted by Gasteiger charge is -2.13. The molecule has 1 aromatic heterocycles. The Balaban J connectivity index is 2.32. The van der Waals surface area contributed by atoms with E-state index in [1.54, 1.807) is 13.4 Å². The first-order valence-corrected chi connectivity index (χ1v) is 7.11. The molecule has 0 spiro atoms. The number of nitrogens with one attached hydrogen (secondary N) is 2. The summed E-state index contributed by atoms with van der Waals surface area (Å²) in [4.78, 5) is 8.52. The van der Waals surface area contributed by atoms with Gasteiger partial charge in [-0.25, -0.2) is 9.97 Å². The van der Waals surface area contributed by atoms with Crippen molar-refractivity contribution in [2.45, 2.75) is 13.8 Å². The van der Waals surface area contributed by atoms with Crippen molar-refractivity contribution in [2.24, 2.45) is 0 Å². The number of aromatic nitrogens is 2. The highest BCUT2D eigenvalue weighted by molar-refractivity contribution is 9.10. The standard InChI is InChI=1S/C14H17BrN4O/c1-4-16-13-9(2)14(18-8-17-13)19-12-7-10(20-3)5-6-11(12)15/h5-8H,4H2,1-3H3,(H2,16,17,18,19). The van der Waals surface area contributed by atoms with Crippen LogP contribution in [0.4, 0.5) is 17.3 Å². The summed E-state index contributed by atoms with van der Waals surface area (Å²) in [6.45, 7) is 4.84. The highest BCUT2D eigenvalue weighted by Crippen LogP contribution is 2.31. The van der Waals surface area contributed by atoms with Crippen molar-refractivity contribution in [1.82, 2.24) is 9.97 Å². The van der Waals surface area contributed by atoms with E-state index in [0.29, 0.717) is 0 Å². The van der Waals surface area contributed by atoms with Crippen molar-refractivity contribution >= 4 is 33.3 Å². The summed E-state index contributed by atoms with van der Waals surface area (Å²) < 4.78 is 6.18. The number of benzene rings is 1. The van der Waals surface area contributed by atoms with E-state index in [4.69, 9.17) is 4.74 Å². The third-order valence-corrected chi connectivity index (χ3v) is 3.55. The highest BCUT2D eigenvalue weighted by Gasteiger charge is 2.09. The topological polar surface area (TPSA) is 59.1 Å². The lowest BCUT2D eigenvalue weighted by Crippen LogP contribution is -2.05. The summed E-state index contributed by atoms with van der Waals surface area (Å²) in [5.41, 5.74) is 1.87.